The third kappa shape index (κ3) is 1.21. The monoisotopic (exact) mass is 163 g/mol. The predicted molar refractivity (Wildman–Crippen MR) is 41.9 cm³/mol. The van der Waals surface area contributed by atoms with Gasteiger partial charge < -0.3 is 4.52 Å². The van der Waals surface area contributed by atoms with Crippen molar-refractivity contribution in [2.45, 2.75) is 0 Å². The lowest BCUT2D eigenvalue weighted by atomic mass is 10.1. The van der Waals surface area contributed by atoms with E-state index in [1.54, 1.807) is 18.2 Å². The molecule has 1 heterocycles. The molecule has 0 atom stereocenters. The Morgan fingerprint density at radius 3 is 2.83 bits per heavy atom. The topological polar surface area (TPSA) is 26.0 Å². The van der Waals surface area contributed by atoms with Crippen molar-refractivity contribution in [1.29, 1.82) is 0 Å². The maximum absolute atomic E-state index is 12.7. The van der Waals surface area contributed by atoms with Crippen LogP contribution in [0.2, 0.25) is 0 Å². The largest absolute Gasteiger partial charge is 0.364 e. The minimum atomic E-state index is -0.268. The maximum Gasteiger partial charge on any atom is 0.124 e. The van der Waals surface area contributed by atoms with Crippen LogP contribution in [0.15, 0.2) is 41.1 Å². The van der Waals surface area contributed by atoms with E-state index in [1.807, 2.05) is 0 Å². The molecule has 60 valence electrons. The molecular formula is C9H6FNO. The number of halogens is 1. The van der Waals surface area contributed by atoms with Crippen LogP contribution < -0.4 is 0 Å². The molecule has 0 bridgehead atoms. The molecule has 0 spiro atoms. The van der Waals surface area contributed by atoms with Crippen LogP contribution in [-0.2, 0) is 0 Å². The second-order valence-electron chi connectivity index (χ2n) is 2.40. The van der Waals surface area contributed by atoms with Crippen molar-refractivity contribution in [3.63, 3.8) is 0 Å². The van der Waals surface area contributed by atoms with Gasteiger partial charge in [-0.05, 0) is 12.1 Å². The van der Waals surface area contributed by atoms with Crippen molar-refractivity contribution < 1.29 is 8.91 Å². The number of hydrogen-bond donors (Lipinski definition) is 0. The average molecular weight is 163 g/mol. The molecule has 0 aliphatic rings. The Morgan fingerprint density at radius 2 is 2.17 bits per heavy atom. The molecule has 3 heteroatoms. The van der Waals surface area contributed by atoms with Gasteiger partial charge in [-0.25, -0.2) is 4.39 Å². The second-order valence-corrected chi connectivity index (χ2v) is 2.40. The van der Waals surface area contributed by atoms with Gasteiger partial charge in [0.2, 0.25) is 0 Å². The first-order valence-electron chi connectivity index (χ1n) is 3.52. The van der Waals surface area contributed by atoms with E-state index < -0.39 is 0 Å². The smallest absolute Gasteiger partial charge is 0.124 e. The summed E-state index contributed by atoms with van der Waals surface area (Å²) in [6.07, 6.45) is 1.46. The number of aromatic nitrogens is 1. The number of hydrogen-bond acceptors (Lipinski definition) is 2. The molecule has 0 amide bonds. The van der Waals surface area contributed by atoms with Crippen LogP contribution in [0.3, 0.4) is 0 Å². The SMILES string of the molecule is Fc1cccc(-c2ccon2)c1. The zero-order valence-corrected chi connectivity index (χ0v) is 6.20. The highest BCUT2D eigenvalue weighted by Gasteiger charge is 2.00. The third-order valence-corrected chi connectivity index (χ3v) is 1.56. The Labute approximate surface area is 68.6 Å². The van der Waals surface area contributed by atoms with Gasteiger partial charge >= 0.3 is 0 Å². The van der Waals surface area contributed by atoms with E-state index in [0.717, 1.165) is 5.56 Å². The van der Waals surface area contributed by atoms with E-state index in [2.05, 4.69) is 9.68 Å². The molecule has 0 aliphatic heterocycles. The van der Waals surface area contributed by atoms with Crippen molar-refractivity contribution in [2.75, 3.05) is 0 Å². The van der Waals surface area contributed by atoms with Gasteiger partial charge in [-0.3, -0.25) is 0 Å². The Hall–Kier alpha value is -1.64. The first-order valence-corrected chi connectivity index (χ1v) is 3.52. The third-order valence-electron chi connectivity index (χ3n) is 1.56. The summed E-state index contributed by atoms with van der Waals surface area (Å²) >= 11 is 0. The van der Waals surface area contributed by atoms with E-state index in [9.17, 15) is 4.39 Å². The fourth-order valence-corrected chi connectivity index (χ4v) is 1.01. The van der Waals surface area contributed by atoms with Gasteiger partial charge in [0.1, 0.15) is 17.8 Å². The summed E-state index contributed by atoms with van der Waals surface area (Å²) in [6.45, 7) is 0. The van der Waals surface area contributed by atoms with Crippen LogP contribution in [-0.4, -0.2) is 5.16 Å². The molecule has 0 unspecified atom stereocenters. The van der Waals surface area contributed by atoms with Crippen LogP contribution in [0.4, 0.5) is 4.39 Å². The van der Waals surface area contributed by atoms with Crippen LogP contribution in [0.1, 0.15) is 0 Å². The zero-order chi connectivity index (χ0) is 8.39. The lowest BCUT2D eigenvalue weighted by Gasteiger charge is -1.93. The standard InChI is InChI=1S/C9H6FNO/c10-8-3-1-2-7(6-8)9-4-5-12-11-9/h1-6H. The molecular weight excluding hydrogens is 157 g/mol. The molecule has 2 rings (SSSR count). The second kappa shape index (κ2) is 2.77. The average Bonchev–Trinajstić information content (AvgIpc) is 2.56. The van der Waals surface area contributed by atoms with Crippen LogP contribution >= 0.6 is 0 Å². The van der Waals surface area contributed by atoms with E-state index >= 15 is 0 Å². The van der Waals surface area contributed by atoms with Crippen LogP contribution in [0.5, 0.6) is 0 Å². The summed E-state index contributed by atoms with van der Waals surface area (Å²) in [5, 5.41) is 3.69. The van der Waals surface area contributed by atoms with E-state index in [1.165, 1.54) is 18.4 Å². The molecule has 0 saturated carbocycles. The summed E-state index contributed by atoms with van der Waals surface area (Å²) in [6, 6.07) is 7.91. The Balaban J connectivity index is 2.48. The highest BCUT2D eigenvalue weighted by atomic mass is 19.1. The molecule has 1 aromatic carbocycles. The molecule has 0 aliphatic carbocycles. The number of rotatable bonds is 1. The molecule has 1 aromatic heterocycles. The van der Waals surface area contributed by atoms with Crippen molar-refractivity contribution in [3.05, 3.63) is 42.4 Å². The predicted octanol–water partition coefficient (Wildman–Crippen LogP) is 2.48. The normalized spacial score (nSPS) is 10.1. The Kier molecular flexibility index (Phi) is 1.63. The number of benzene rings is 1. The molecule has 0 radical (unpaired) electrons. The molecule has 12 heavy (non-hydrogen) atoms. The van der Waals surface area contributed by atoms with Gasteiger partial charge in [-0.1, -0.05) is 17.3 Å². The minimum absolute atomic E-state index is 0.268. The van der Waals surface area contributed by atoms with Gasteiger partial charge in [-0.2, -0.15) is 0 Å². The molecule has 0 fully saturated rings. The maximum atomic E-state index is 12.7. The number of nitrogens with zero attached hydrogens (tertiary/aromatic N) is 1. The van der Waals surface area contributed by atoms with E-state index in [0.29, 0.717) is 5.69 Å². The first kappa shape index (κ1) is 7.03. The van der Waals surface area contributed by atoms with Crippen molar-refractivity contribution in [3.8, 4) is 11.3 Å². The van der Waals surface area contributed by atoms with Gasteiger partial charge in [0, 0.05) is 11.6 Å². The Morgan fingerprint density at radius 1 is 1.25 bits per heavy atom. The quantitative estimate of drug-likeness (QED) is 0.645. The fraction of sp³-hybridized carbons (Fsp3) is 0. The lowest BCUT2D eigenvalue weighted by Crippen LogP contribution is -1.78. The van der Waals surface area contributed by atoms with Crippen LogP contribution in [0.25, 0.3) is 11.3 Å². The van der Waals surface area contributed by atoms with Gasteiger partial charge in [0.05, 0.1) is 0 Å². The molecule has 2 nitrogen and oxygen atoms in total. The van der Waals surface area contributed by atoms with Gasteiger partial charge in [-0.15, -0.1) is 0 Å². The summed E-state index contributed by atoms with van der Waals surface area (Å²) in [4.78, 5) is 0. The van der Waals surface area contributed by atoms with Crippen molar-refractivity contribution >= 4 is 0 Å². The molecule has 2 aromatic rings. The summed E-state index contributed by atoms with van der Waals surface area (Å²) in [7, 11) is 0. The molecule has 0 saturated heterocycles. The van der Waals surface area contributed by atoms with Crippen molar-refractivity contribution in [1.82, 2.24) is 5.16 Å². The highest BCUT2D eigenvalue weighted by molar-refractivity contribution is 5.57. The van der Waals surface area contributed by atoms with Gasteiger partial charge in [0.25, 0.3) is 0 Å². The van der Waals surface area contributed by atoms with E-state index in [4.69, 9.17) is 0 Å². The first-order chi connectivity index (χ1) is 5.86. The molecule has 0 N–H and O–H groups in total. The van der Waals surface area contributed by atoms with Gasteiger partial charge in [0.15, 0.2) is 0 Å². The zero-order valence-electron chi connectivity index (χ0n) is 6.20. The minimum Gasteiger partial charge on any atom is -0.364 e. The summed E-state index contributed by atoms with van der Waals surface area (Å²) in [5.41, 5.74) is 1.37. The fourth-order valence-electron chi connectivity index (χ4n) is 1.01. The lowest BCUT2D eigenvalue weighted by molar-refractivity contribution is 0.422. The van der Waals surface area contributed by atoms with E-state index in [-0.39, 0.29) is 5.82 Å². The van der Waals surface area contributed by atoms with Crippen LogP contribution in [0, 0.1) is 5.82 Å². The highest BCUT2D eigenvalue weighted by Crippen LogP contribution is 2.16. The van der Waals surface area contributed by atoms with Crippen molar-refractivity contribution in [2.24, 2.45) is 0 Å². The Bertz CT molecular complexity index is 370. The summed E-state index contributed by atoms with van der Waals surface area (Å²) < 4.78 is 17.3. The summed E-state index contributed by atoms with van der Waals surface area (Å²) in [5.74, 6) is -0.268.